The summed E-state index contributed by atoms with van der Waals surface area (Å²) >= 11 is 0. The van der Waals surface area contributed by atoms with Gasteiger partial charge in [0.15, 0.2) is 0 Å². The largest absolute Gasteiger partial charge is 0.460 e. The molecule has 0 fully saturated rings. The minimum Gasteiger partial charge on any atom is -0.460 e. The first-order valence-corrected chi connectivity index (χ1v) is 4.12. The Morgan fingerprint density at radius 2 is 1.93 bits per heavy atom. The van der Waals surface area contributed by atoms with Crippen molar-refractivity contribution in [3.8, 4) is 0 Å². The van der Waals surface area contributed by atoms with Crippen molar-refractivity contribution < 1.29 is 28.1 Å². The number of carbonyl (C=O) groups excluding carboxylic acids is 2. The van der Waals surface area contributed by atoms with Crippen molar-refractivity contribution in [2.45, 2.75) is 26.3 Å². The number of nitrogens with two attached hydrogens (primary N) is 2. The Labute approximate surface area is 95.9 Å². The first-order chi connectivity index (χ1) is 5.97. The molecule has 0 aliphatic carbocycles. The van der Waals surface area contributed by atoms with E-state index in [1.54, 1.807) is 0 Å². The molecule has 0 bridgehead atoms. The smallest absolute Gasteiger partial charge is 0.239 e. The molecule has 0 aromatic carbocycles. The normalized spacial score (nSPS) is 11.4. The van der Waals surface area contributed by atoms with Gasteiger partial charge < -0.3 is 21.6 Å². The maximum atomic E-state index is 10.8. The van der Waals surface area contributed by atoms with Crippen molar-refractivity contribution in [3.63, 3.8) is 0 Å². The van der Waals surface area contributed by atoms with Crippen LogP contribution in [0.15, 0.2) is 0 Å². The van der Waals surface area contributed by atoms with Crippen molar-refractivity contribution >= 4 is 11.8 Å². The van der Waals surface area contributed by atoms with Crippen molar-refractivity contribution in [2.75, 3.05) is 0 Å². The van der Waals surface area contributed by atoms with Gasteiger partial charge in [0.2, 0.25) is 5.91 Å². The zero-order valence-electron chi connectivity index (χ0n) is 8.36. The van der Waals surface area contributed by atoms with E-state index in [4.69, 9.17) is 11.5 Å². The van der Waals surface area contributed by atoms with Gasteiger partial charge in [0.05, 0.1) is 5.91 Å². The summed E-state index contributed by atoms with van der Waals surface area (Å²) in [5.74, 6) is -0.732. The molecule has 0 saturated heterocycles. The van der Waals surface area contributed by atoms with Crippen LogP contribution in [0.2, 0.25) is 0 Å². The number of amides is 2. The van der Waals surface area contributed by atoms with Gasteiger partial charge in [0.25, 0.3) is 0 Å². The number of nitrogens with one attached hydrogen (secondary N) is 1. The first kappa shape index (κ1) is 15.8. The Bertz CT molecular complexity index is 197. The third-order valence-corrected chi connectivity index (χ3v) is 1.52. The Morgan fingerprint density at radius 3 is 2.21 bits per heavy atom. The molecule has 1 unspecified atom stereocenters. The summed E-state index contributed by atoms with van der Waals surface area (Å²) in [6.07, 6.45) is 0.523. The van der Waals surface area contributed by atoms with Crippen molar-refractivity contribution in [3.05, 3.63) is 6.54 Å². The fraction of sp³-hybridized carbons (Fsp3) is 0.625. The quantitative estimate of drug-likeness (QED) is 0.541. The minimum absolute atomic E-state index is 0. The number of carbonyl (C=O) groups is 2. The van der Waals surface area contributed by atoms with Crippen LogP contribution in [0.5, 0.6) is 0 Å². The maximum absolute atomic E-state index is 10.8. The molecule has 0 aliphatic heterocycles. The molecule has 1 radical (unpaired) electrons. The number of hydrogen-bond acceptors (Lipinski definition) is 3. The van der Waals surface area contributed by atoms with Gasteiger partial charge in [-0.1, -0.05) is 13.8 Å². The molecule has 81 valence electrons. The number of rotatable bonds is 5. The van der Waals surface area contributed by atoms with Gasteiger partial charge >= 0.3 is 0 Å². The third kappa shape index (κ3) is 6.83. The third-order valence-electron chi connectivity index (χ3n) is 1.52. The van der Waals surface area contributed by atoms with E-state index in [2.05, 4.69) is 5.32 Å². The summed E-state index contributed by atoms with van der Waals surface area (Å²) in [5.41, 5.74) is 10.0. The van der Waals surface area contributed by atoms with Crippen molar-refractivity contribution in [2.24, 2.45) is 17.4 Å². The Kier molecular flexibility index (Phi) is 8.73. The maximum Gasteiger partial charge on any atom is 0.239 e. The second kappa shape index (κ2) is 7.73. The minimum atomic E-state index is -0.632. The SMILES string of the molecule is CC(C)CC(NC(=O)[CH-]N)C(N)=O.[V]. The molecule has 0 aliphatic rings. The van der Waals surface area contributed by atoms with Gasteiger partial charge in [0.1, 0.15) is 6.04 Å². The number of hydrogen-bond donors (Lipinski definition) is 3. The molecule has 0 heterocycles. The van der Waals surface area contributed by atoms with E-state index in [-0.39, 0.29) is 24.5 Å². The fourth-order valence-corrected chi connectivity index (χ4v) is 0.937. The van der Waals surface area contributed by atoms with Gasteiger partial charge in [-0.2, -0.15) is 0 Å². The van der Waals surface area contributed by atoms with E-state index >= 15 is 0 Å². The van der Waals surface area contributed by atoms with Gasteiger partial charge in [-0.3, -0.25) is 4.79 Å². The molecule has 5 nitrogen and oxygen atoms in total. The molecule has 5 N–H and O–H groups in total. The van der Waals surface area contributed by atoms with Crippen LogP contribution in [0.3, 0.4) is 0 Å². The van der Waals surface area contributed by atoms with Crippen LogP contribution in [0.25, 0.3) is 0 Å². The predicted molar refractivity (Wildman–Crippen MR) is 49.1 cm³/mol. The molecular formula is C8H16N3O2V-. The van der Waals surface area contributed by atoms with Crippen LogP contribution in [0, 0.1) is 12.5 Å². The standard InChI is InChI=1S/C8H16N3O2.V/c1-5(2)3-6(8(10)13)11-7(12)4-9;/h4-6H,3,9H2,1-2H3,(H2,10,13)(H,11,12);/q-1;. The van der Waals surface area contributed by atoms with Gasteiger partial charge in [0, 0.05) is 18.6 Å². The fourth-order valence-electron chi connectivity index (χ4n) is 0.937. The van der Waals surface area contributed by atoms with Crippen LogP contribution in [0.4, 0.5) is 0 Å². The van der Waals surface area contributed by atoms with Crippen molar-refractivity contribution in [1.82, 2.24) is 5.32 Å². The predicted octanol–water partition coefficient (Wildman–Crippen LogP) is -0.879. The van der Waals surface area contributed by atoms with Gasteiger partial charge in [-0.05, 0) is 12.3 Å². The van der Waals surface area contributed by atoms with E-state index in [0.29, 0.717) is 6.42 Å². The average molecular weight is 237 g/mol. The number of primary amides is 1. The van der Waals surface area contributed by atoms with E-state index < -0.39 is 17.9 Å². The molecule has 1 atom stereocenters. The molecule has 0 spiro atoms. The van der Waals surface area contributed by atoms with Crippen molar-refractivity contribution in [1.29, 1.82) is 0 Å². The van der Waals surface area contributed by atoms with E-state index in [9.17, 15) is 9.59 Å². The zero-order valence-corrected chi connectivity index (χ0v) is 9.75. The topological polar surface area (TPSA) is 98.2 Å². The van der Waals surface area contributed by atoms with Crippen LogP contribution in [-0.2, 0) is 28.1 Å². The summed E-state index contributed by atoms with van der Waals surface area (Å²) in [7, 11) is 0. The van der Waals surface area contributed by atoms with Gasteiger partial charge in [-0.25, -0.2) is 6.54 Å². The Balaban J connectivity index is 0. The molecule has 2 amide bonds. The molecule has 0 rings (SSSR count). The molecule has 0 aromatic heterocycles. The summed E-state index contributed by atoms with van der Waals surface area (Å²) in [5, 5.41) is 2.40. The van der Waals surface area contributed by atoms with E-state index in [1.807, 2.05) is 13.8 Å². The van der Waals surface area contributed by atoms with Crippen LogP contribution in [0.1, 0.15) is 20.3 Å². The van der Waals surface area contributed by atoms with Gasteiger partial charge in [-0.15, -0.1) is 0 Å². The molecule has 0 saturated carbocycles. The monoisotopic (exact) mass is 237 g/mol. The summed E-state index contributed by atoms with van der Waals surface area (Å²) in [4.78, 5) is 21.6. The summed E-state index contributed by atoms with van der Waals surface area (Å²) < 4.78 is 0. The molecular weight excluding hydrogens is 221 g/mol. The average Bonchev–Trinajstić information content (AvgIpc) is 2.02. The van der Waals surface area contributed by atoms with Crippen LogP contribution >= 0.6 is 0 Å². The second-order valence-corrected chi connectivity index (χ2v) is 3.26. The second-order valence-electron chi connectivity index (χ2n) is 3.26. The molecule has 14 heavy (non-hydrogen) atoms. The molecule has 0 aromatic rings. The molecule has 6 heteroatoms. The summed E-state index contributed by atoms with van der Waals surface area (Å²) in [6.45, 7) is 4.75. The van der Waals surface area contributed by atoms with E-state index in [1.165, 1.54) is 0 Å². The Hall–Kier alpha value is -0.646. The van der Waals surface area contributed by atoms with E-state index in [0.717, 1.165) is 6.54 Å². The summed E-state index contributed by atoms with van der Waals surface area (Å²) in [6, 6.07) is -0.632. The first-order valence-electron chi connectivity index (χ1n) is 4.12. The Morgan fingerprint density at radius 1 is 1.43 bits per heavy atom. The van der Waals surface area contributed by atoms with Crippen LogP contribution < -0.4 is 16.8 Å². The zero-order chi connectivity index (χ0) is 10.4. The van der Waals surface area contributed by atoms with Crippen LogP contribution in [-0.4, -0.2) is 17.9 Å².